The van der Waals surface area contributed by atoms with E-state index in [0.29, 0.717) is 37.4 Å². The number of ether oxygens (including phenoxy) is 1. The van der Waals surface area contributed by atoms with Gasteiger partial charge >= 0.3 is 5.97 Å². The number of aryl methyl sites for hydroxylation is 1. The summed E-state index contributed by atoms with van der Waals surface area (Å²) in [5.74, 6) is 13.3. The molecule has 0 aromatic heterocycles. The molecule has 2 aliphatic rings. The summed E-state index contributed by atoms with van der Waals surface area (Å²) in [5.41, 5.74) is 5.86. The number of carbonyl (C=O) groups is 3. The highest BCUT2D eigenvalue weighted by Crippen LogP contribution is 2.29. The van der Waals surface area contributed by atoms with E-state index in [0.717, 1.165) is 64.2 Å². The van der Waals surface area contributed by atoms with Crippen molar-refractivity contribution in [2.24, 2.45) is 0 Å². The first-order chi connectivity index (χ1) is 22.4. The third-order valence-electron chi connectivity index (χ3n) is 7.77. The van der Waals surface area contributed by atoms with Gasteiger partial charge in [0.25, 0.3) is 0 Å². The van der Waals surface area contributed by atoms with E-state index in [1.54, 1.807) is 21.6 Å². The minimum absolute atomic E-state index is 0.175. The van der Waals surface area contributed by atoms with Crippen molar-refractivity contribution in [2.75, 3.05) is 38.5 Å². The number of nitrogens with zero attached hydrogens (tertiary/aromatic N) is 2. The minimum Gasteiger partial charge on any atom is -0.482 e. The van der Waals surface area contributed by atoms with Gasteiger partial charge in [0, 0.05) is 47.7 Å². The van der Waals surface area contributed by atoms with Gasteiger partial charge in [-0.25, -0.2) is 4.79 Å². The van der Waals surface area contributed by atoms with Gasteiger partial charge in [-0.15, -0.1) is 11.8 Å². The van der Waals surface area contributed by atoms with Crippen LogP contribution in [0.1, 0.15) is 53.5 Å². The second-order valence-electron chi connectivity index (χ2n) is 11.1. The van der Waals surface area contributed by atoms with Crippen molar-refractivity contribution in [1.82, 2.24) is 9.80 Å². The Morgan fingerprint density at radius 2 is 1.39 bits per heavy atom. The van der Waals surface area contributed by atoms with E-state index in [1.807, 2.05) is 49.4 Å². The fourth-order valence-electron chi connectivity index (χ4n) is 5.32. The average Bonchev–Trinajstić information content (AvgIpc) is 3.66. The van der Waals surface area contributed by atoms with E-state index >= 15 is 0 Å². The Labute approximate surface area is 274 Å². The molecule has 46 heavy (non-hydrogen) atoms. The van der Waals surface area contributed by atoms with Crippen LogP contribution in [0.4, 0.5) is 0 Å². The van der Waals surface area contributed by atoms with Gasteiger partial charge in [0.15, 0.2) is 6.61 Å². The molecule has 0 aliphatic carbocycles. The topological polar surface area (TPSA) is 87.2 Å². The molecular formula is C38H36N2O5S. The van der Waals surface area contributed by atoms with Crippen LogP contribution in [0.25, 0.3) is 5.57 Å². The number of thioether (sulfide) groups is 1. The van der Waals surface area contributed by atoms with Gasteiger partial charge in [-0.05, 0) is 84.5 Å². The number of rotatable bonds is 10. The SMILES string of the molecule is Cc1cc(SCC=C(c2ccc(C#CCN3CCCC3=O)cc2)c2ccc(C#CCN3CCCC3=O)cc2)ccc1OCC(=O)O. The quantitative estimate of drug-likeness (QED) is 0.230. The van der Waals surface area contributed by atoms with E-state index in [9.17, 15) is 14.4 Å². The zero-order chi connectivity index (χ0) is 32.3. The number of carbonyl (C=O) groups excluding carboxylic acids is 2. The molecule has 234 valence electrons. The molecule has 2 saturated heterocycles. The lowest BCUT2D eigenvalue weighted by Crippen LogP contribution is -2.24. The van der Waals surface area contributed by atoms with Gasteiger partial charge in [-0.3, -0.25) is 9.59 Å². The number of carboxylic acids is 1. The number of hydrogen-bond acceptors (Lipinski definition) is 5. The molecule has 5 rings (SSSR count). The lowest BCUT2D eigenvalue weighted by atomic mass is 9.96. The normalized spacial score (nSPS) is 13.9. The van der Waals surface area contributed by atoms with Gasteiger partial charge in [-0.1, -0.05) is 54.0 Å². The van der Waals surface area contributed by atoms with Gasteiger partial charge < -0.3 is 19.6 Å². The highest BCUT2D eigenvalue weighted by molar-refractivity contribution is 7.99. The van der Waals surface area contributed by atoms with Crippen LogP contribution in [-0.4, -0.2) is 71.2 Å². The Bertz CT molecular complexity index is 1650. The molecule has 2 amide bonds. The molecule has 8 heteroatoms. The first-order valence-corrected chi connectivity index (χ1v) is 16.4. The summed E-state index contributed by atoms with van der Waals surface area (Å²) >= 11 is 1.68. The monoisotopic (exact) mass is 632 g/mol. The molecule has 3 aromatic carbocycles. The number of benzene rings is 3. The molecule has 1 N–H and O–H groups in total. The zero-order valence-electron chi connectivity index (χ0n) is 25.9. The molecule has 0 bridgehead atoms. The lowest BCUT2D eigenvalue weighted by molar-refractivity contribution is -0.139. The molecule has 0 radical (unpaired) electrons. The molecule has 2 fully saturated rings. The maximum absolute atomic E-state index is 11.9. The van der Waals surface area contributed by atoms with Crippen LogP contribution in [0.15, 0.2) is 77.7 Å². The van der Waals surface area contributed by atoms with Crippen molar-refractivity contribution in [2.45, 2.75) is 37.5 Å². The van der Waals surface area contributed by atoms with Crippen LogP contribution < -0.4 is 4.74 Å². The van der Waals surface area contributed by atoms with E-state index in [4.69, 9.17) is 9.84 Å². The van der Waals surface area contributed by atoms with Crippen LogP contribution in [0.3, 0.4) is 0 Å². The molecule has 0 spiro atoms. The van der Waals surface area contributed by atoms with Crippen molar-refractivity contribution >= 4 is 35.1 Å². The largest absolute Gasteiger partial charge is 0.482 e. The second-order valence-corrected chi connectivity index (χ2v) is 12.2. The molecule has 7 nitrogen and oxygen atoms in total. The molecule has 0 saturated carbocycles. The van der Waals surface area contributed by atoms with E-state index in [2.05, 4.69) is 54.0 Å². The maximum Gasteiger partial charge on any atom is 0.341 e. The second kappa shape index (κ2) is 15.9. The summed E-state index contributed by atoms with van der Waals surface area (Å²) in [7, 11) is 0. The van der Waals surface area contributed by atoms with Crippen LogP contribution in [0.5, 0.6) is 5.75 Å². The van der Waals surface area contributed by atoms with Crippen molar-refractivity contribution in [3.05, 3.63) is 101 Å². The Kier molecular flexibility index (Phi) is 11.2. The van der Waals surface area contributed by atoms with Crippen molar-refractivity contribution in [3.8, 4) is 29.4 Å². The predicted octanol–water partition coefficient (Wildman–Crippen LogP) is 5.63. The summed E-state index contributed by atoms with van der Waals surface area (Å²) in [6.45, 7) is 4.01. The fourth-order valence-corrected chi connectivity index (χ4v) is 6.19. The number of amides is 2. The van der Waals surface area contributed by atoms with Crippen molar-refractivity contribution < 1.29 is 24.2 Å². The standard InChI is InChI=1S/C38H36N2O5S/c1-28-26-33(18-19-35(28)45-27-38(43)44)46-25-20-34(31-14-10-29(11-15-31)6-2-21-39-23-4-8-36(39)41)32-16-12-30(13-17-32)7-3-22-40-24-5-9-37(40)42/h10-20,26H,4-5,8-9,21-25,27H2,1H3,(H,43,44). The summed E-state index contributed by atoms with van der Waals surface area (Å²) in [6, 6.07) is 22.1. The first-order valence-electron chi connectivity index (χ1n) is 15.4. The van der Waals surface area contributed by atoms with Crippen LogP contribution >= 0.6 is 11.8 Å². The molecule has 2 aliphatic heterocycles. The first kappa shape index (κ1) is 32.5. The summed E-state index contributed by atoms with van der Waals surface area (Å²) in [6.07, 6.45) is 5.24. The molecule has 0 atom stereocenters. The Balaban J connectivity index is 1.31. The molecule has 2 heterocycles. The zero-order valence-corrected chi connectivity index (χ0v) is 26.7. The molecule has 3 aromatic rings. The van der Waals surface area contributed by atoms with Gasteiger partial charge in [0.05, 0.1) is 13.1 Å². The van der Waals surface area contributed by atoms with E-state index < -0.39 is 5.97 Å². The number of carboxylic acid groups (broad SMARTS) is 1. The van der Waals surface area contributed by atoms with Gasteiger partial charge in [-0.2, -0.15) is 0 Å². The third kappa shape index (κ3) is 9.06. The van der Waals surface area contributed by atoms with Crippen LogP contribution in [0.2, 0.25) is 0 Å². The Hall–Kier alpha value is -4.92. The predicted molar refractivity (Wildman–Crippen MR) is 180 cm³/mol. The molecular weight excluding hydrogens is 596 g/mol. The highest BCUT2D eigenvalue weighted by atomic mass is 32.2. The average molecular weight is 633 g/mol. The Morgan fingerprint density at radius 1 is 0.848 bits per heavy atom. The molecule has 0 unspecified atom stereocenters. The number of hydrogen-bond donors (Lipinski definition) is 1. The Morgan fingerprint density at radius 3 is 1.85 bits per heavy atom. The lowest BCUT2D eigenvalue weighted by Gasteiger charge is -2.11. The van der Waals surface area contributed by atoms with Gasteiger partial charge in [0.2, 0.25) is 11.8 Å². The fraction of sp³-hybridized carbons (Fsp3) is 0.289. The van der Waals surface area contributed by atoms with Crippen molar-refractivity contribution in [1.29, 1.82) is 0 Å². The van der Waals surface area contributed by atoms with E-state index in [1.165, 1.54) is 0 Å². The van der Waals surface area contributed by atoms with Crippen molar-refractivity contribution in [3.63, 3.8) is 0 Å². The number of likely N-dealkylation sites (tertiary alicyclic amines) is 2. The smallest absolute Gasteiger partial charge is 0.341 e. The van der Waals surface area contributed by atoms with Gasteiger partial charge in [0.1, 0.15) is 5.75 Å². The summed E-state index contributed by atoms with van der Waals surface area (Å²) in [5, 5.41) is 8.91. The number of aliphatic carboxylic acids is 1. The van der Waals surface area contributed by atoms with Crippen LogP contribution in [-0.2, 0) is 14.4 Å². The van der Waals surface area contributed by atoms with E-state index in [-0.39, 0.29) is 18.4 Å². The third-order valence-corrected chi connectivity index (χ3v) is 8.70. The van der Waals surface area contributed by atoms with Crippen LogP contribution in [0, 0.1) is 30.6 Å². The minimum atomic E-state index is -1.01. The highest BCUT2D eigenvalue weighted by Gasteiger charge is 2.19. The summed E-state index contributed by atoms with van der Waals surface area (Å²) < 4.78 is 5.37. The maximum atomic E-state index is 11.9. The summed E-state index contributed by atoms with van der Waals surface area (Å²) in [4.78, 5) is 39.3.